The summed E-state index contributed by atoms with van der Waals surface area (Å²) in [5.41, 5.74) is 1.69. The maximum absolute atomic E-state index is 11.4. The number of benzene rings is 2. The highest BCUT2D eigenvalue weighted by Crippen LogP contribution is 2.40. The number of fused-ring (bicyclic) bond motifs is 1. The number of carboxylic acids is 1. The van der Waals surface area contributed by atoms with Gasteiger partial charge < -0.3 is 19.7 Å². The summed E-state index contributed by atoms with van der Waals surface area (Å²) in [6.45, 7) is 3.37. The van der Waals surface area contributed by atoms with Crippen LogP contribution < -0.4 is 14.8 Å². The number of aliphatic hydroxyl groups excluding tert-OH is 1. The smallest absolute Gasteiger partial charge is 0.326 e. The summed E-state index contributed by atoms with van der Waals surface area (Å²) in [7, 11) is 0. The normalized spacial score (nSPS) is 17.4. The minimum Gasteiger partial charge on any atom is -0.493 e. The predicted octanol–water partition coefficient (Wildman–Crippen LogP) is 3.73. The maximum Gasteiger partial charge on any atom is 0.326 e. The first-order valence-corrected chi connectivity index (χ1v) is 10.0. The van der Waals surface area contributed by atoms with Crippen molar-refractivity contribution in [3.05, 3.63) is 58.1 Å². The van der Waals surface area contributed by atoms with E-state index < -0.39 is 18.1 Å². The van der Waals surface area contributed by atoms with Crippen LogP contribution in [0.2, 0.25) is 5.02 Å². The molecule has 2 atom stereocenters. The second-order valence-electron chi connectivity index (χ2n) is 7.32. The highest BCUT2D eigenvalue weighted by molar-refractivity contribution is 6.32. The third-order valence-electron chi connectivity index (χ3n) is 5.22. The lowest BCUT2D eigenvalue weighted by Crippen LogP contribution is -2.52. The zero-order valence-electron chi connectivity index (χ0n) is 16.6. The highest BCUT2D eigenvalue weighted by atomic mass is 35.5. The number of ether oxygens (including phenoxy) is 2. The number of carbonyl (C=O) groups is 1. The lowest BCUT2D eigenvalue weighted by molar-refractivity contribution is -0.145. The van der Waals surface area contributed by atoms with E-state index in [0.717, 1.165) is 12.8 Å². The molecule has 3 rings (SSSR count). The van der Waals surface area contributed by atoms with Crippen molar-refractivity contribution in [2.75, 3.05) is 13.2 Å². The summed E-state index contributed by atoms with van der Waals surface area (Å²) < 4.78 is 12.0. The fourth-order valence-electron chi connectivity index (χ4n) is 3.38. The van der Waals surface area contributed by atoms with Gasteiger partial charge >= 0.3 is 5.97 Å². The van der Waals surface area contributed by atoms with Gasteiger partial charge in [-0.25, -0.2) is 0 Å². The van der Waals surface area contributed by atoms with Crippen LogP contribution in [0.1, 0.15) is 43.1 Å². The van der Waals surface area contributed by atoms with Crippen molar-refractivity contribution in [2.45, 2.75) is 44.9 Å². The zero-order chi connectivity index (χ0) is 21.0. The Bertz CT molecular complexity index is 888. The van der Waals surface area contributed by atoms with Crippen molar-refractivity contribution in [1.29, 1.82) is 0 Å². The Labute approximate surface area is 175 Å². The van der Waals surface area contributed by atoms with Gasteiger partial charge in [0, 0.05) is 18.2 Å². The van der Waals surface area contributed by atoms with E-state index in [4.69, 9.17) is 21.1 Å². The number of carboxylic acid groups (broad SMARTS) is 1. The quantitative estimate of drug-likeness (QED) is 0.574. The van der Waals surface area contributed by atoms with E-state index in [-0.39, 0.29) is 12.6 Å². The van der Waals surface area contributed by atoms with E-state index in [1.165, 1.54) is 18.1 Å². The van der Waals surface area contributed by atoms with Crippen LogP contribution in [-0.2, 0) is 17.8 Å². The van der Waals surface area contributed by atoms with Gasteiger partial charge in [-0.2, -0.15) is 0 Å². The summed E-state index contributed by atoms with van der Waals surface area (Å²) in [4.78, 5) is 11.4. The second-order valence-corrected chi connectivity index (χ2v) is 7.72. The van der Waals surface area contributed by atoms with Crippen LogP contribution in [0.3, 0.4) is 0 Å². The molecule has 0 bridgehead atoms. The van der Waals surface area contributed by atoms with Crippen LogP contribution in [0, 0.1) is 0 Å². The van der Waals surface area contributed by atoms with Crippen molar-refractivity contribution < 1.29 is 24.5 Å². The Morgan fingerprint density at radius 3 is 2.76 bits per heavy atom. The summed E-state index contributed by atoms with van der Waals surface area (Å²) in [5, 5.41) is 22.0. The third kappa shape index (κ3) is 4.66. The molecule has 0 saturated carbocycles. The first kappa shape index (κ1) is 21.4. The first-order chi connectivity index (χ1) is 13.9. The minimum absolute atomic E-state index is 0.0631. The molecular formula is C22H26ClNO5. The van der Waals surface area contributed by atoms with Crippen LogP contribution >= 0.6 is 11.6 Å². The molecule has 1 aliphatic rings. The Balaban J connectivity index is 1.82. The molecule has 0 fully saturated rings. The van der Waals surface area contributed by atoms with Crippen LogP contribution in [0.4, 0.5) is 0 Å². The number of rotatable bonds is 9. The molecule has 0 saturated heterocycles. The molecular weight excluding hydrogens is 394 g/mol. The Morgan fingerprint density at radius 2 is 2.07 bits per heavy atom. The van der Waals surface area contributed by atoms with E-state index in [1.807, 2.05) is 19.1 Å². The van der Waals surface area contributed by atoms with Gasteiger partial charge in [0.1, 0.15) is 23.1 Å². The third-order valence-corrected chi connectivity index (χ3v) is 5.51. The highest BCUT2D eigenvalue weighted by Gasteiger charge is 2.32. The number of aliphatic hydroxyl groups is 1. The average molecular weight is 420 g/mol. The summed E-state index contributed by atoms with van der Waals surface area (Å²) in [6, 6.07) is 11.7. The van der Waals surface area contributed by atoms with E-state index in [9.17, 15) is 15.0 Å². The topological polar surface area (TPSA) is 88.0 Å². The van der Waals surface area contributed by atoms with Gasteiger partial charge in [0.15, 0.2) is 0 Å². The summed E-state index contributed by atoms with van der Waals surface area (Å²) in [6.07, 6.45) is 1.79. The van der Waals surface area contributed by atoms with Crippen LogP contribution in [0.5, 0.6) is 11.5 Å². The second kappa shape index (κ2) is 9.03. The molecule has 0 unspecified atom stereocenters. The minimum atomic E-state index is -1.46. The fraction of sp³-hybridized carbons (Fsp3) is 0.409. The molecule has 29 heavy (non-hydrogen) atoms. The van der Waals surface area contributed by atoms with E-state index in [1.54, 1.807) is 12.1 Å². The SMILES string of the molecule is CCOc1cc(O[C@H]2CCc3ccccc32)c(Cl)cc1CN[C@@](C)(CO)C(=O)O. The molecule has 156 valence electrons. The summed E-state index contributed by atoms with van der Waals surface area (Å²) in [5.74, 6) is -0.0380. The number of aryl methyl sites for hydroxylation is 1. The lowest BCUT2D eigenvalue weighted by atomic mass is 10.0. The number of hydrogen-bond donors (Lipinski definition) is 3. The van der Waals surface area contributed by atoms with E-state index in [2.05, 4.69) is 17.4 Å². The molecule has 0 spiro atoms. The Morgan fingerprint density at radius 1 is 1.31 bits per heavy atom. The van der Waals surface area contributed by atoms with Crippen LogP contribution in [0.25, 0.3) is 0 Å². The standard InChI is InChI=1S/C22H26ClNO5/c1-3-28-19-11-20(29-18-9-8-14-6-4-5-7-16(14)18)17(23)10-15(19)12-24-22(2,13-25)21(26)27/h4-7,10-11,18,24-25H,3,8-9,12-13H2,1-2H3,(H,26,27)/t18-,22-/m0/s1. The molecule has 2 aromatic carbocycles. The number of aliphatic carboxylic acids is 1. The van der Waals surface area contributed by atoms with Crippen LogP contribution in [0.15, 0.2) is 36.4 Å². The van der Waals surface area contributed by atoms with Crippen LogP contribution in [-0.4, -0.2) is 34.9 Å². The zero-order valence-corrected chi connectivity index (χ0v) is 17.3. The lowest BCUT2D eigenvalue weighted by Gasteiger charge is -2.25. The number of halogens is 1. The van der Waals surface area contributed by atoms with Crippen molar-refractivity contribution in [3.8, 4) is 11.5 Å². The van der Waals surface area contributed by atoms with Gasteiger partial charge in [0.2, 0.25) is 0 Å². The largest absolute Gasteiger partial charge is 0.493 e. The van der Waals surface area contributed by atoms with Gasteiger partial charge in [0.25, 0.3) is 0 Å². The summed E-state index contributed by atoms with van der Waals surface area (Å²) >= 11 is 6.48. The average Bonchev–Trinajstić information content (AvgIpc) is 3.12. The van der Waals surface area contributed by atoms with Crippen molar-refractivity contribution in [2.24, 2.45) is 0 Å². The fourth-order valence-corrected chi connectivity index (χ4v) is 3.61. The van der Waals surface area contributed by atoms with Gasteiger partial charge in [-0.15, -0.1) is 0 Å². The van der Waals surface area contributed by atoms with Gasteiger partial charge in [-0.3, -0.25) is 10.1 Å². The molecule has 0 aliphatic heterocycles. The molecule has 3 N–H and O–H groups in total. The van der Waals surface area contributed by atoms with Gasteiger partial charge in [-0.1, -0.05) is 35.9 Å². The molecule has 1 aliphatic carbocycles. The van der Waals surface area contributed by atoms with Gasteiger partial charge in [-0.05, 0) is 43.9 Å². The molecule has 0 amide bonds. The van der Waals surface area contributed by atoms with Crippen molar-refractivity contribution >= 4 is 17.6 Å². The molecule has 6 nitrogen and oxygen atoms in total. The Hall–Kier alpha value is -2.28. The van der Waals surface area contributed by atoms with E-state index >= 15 is 0 Å². The van der Waals surface area contributed by atoms with E-state index in [0.29, 0.717) is 28.7 Å². The molecule has 7 heteroatoms. The molecule has 2 aromatic rings. The van der Waals surface area contributed by atoms with Gasteiger partial charge in [0.05, 0.1) is 18.2 Å². The molecule has 0 aromatic heterocycles. The van der Waals surface area contributed by atoms with Crippen molar-refractivity contribution in [1.82, 2.24) is 5.32 Å². The van der Waals surface area contributed by atoms with Crippen molar-refractivity contribution in [3.63, 3.8) is 0 Å². The number of hydrogen-bond acceptors (Lipinski definition) is 5. The Kier molecular flexibility index (Phi) is 6.67. The number of nitrogens with one attached hydrogen (secondary N) is 1. The predicted molar refractivity (Wildman–Crippen MR) is 111 cm³/mol. The monoisotopic (exact) mass is 419 g/mol. The maximum atomic E-state index is 11.4. The molecule has 0 radical (unpaired) electrons. The molecule has 0 heterocycles. The first-order valence-electron chi connectivity index (χ1n) is 9.67.